The van der Waals surface area contributed by atoms with Gasteiger partial charge in [0.15, 0.2) is 0 Å². The van der Waals surface area contributed by atoms with E-state index in [9.17, 15) is 8.42 Å². The van der Waals surface area contributed by atoms with Crippen molar-refractivity contribution in [1.82, 2.24) is 4.31 Å². The number of alkyl halides is 1. The Morgan fingerprint density at radius 1 is 1.00 bits per heavy atom. The Morgan fingerprint density at radius 3 is 2.24 bits per heavy atom. The van der Waals surface area contributed by atoms with Gasteiger partial charge in [0.2, 0.25) is 10.0 Å². The van der Waals surface area contributed by atoms with E-state index in [1.807, 2.05) is 30.3 Å². The van der Waals surface area contributed by atoms with Crippen molar-refractivity contribution in [2.75, 3.05) is 12.4 Å². The maximum atomic E-state index is 12.8. The topological polar surface area (TPSA) is 37.4 Å². The number of benzene rings is 2. The number of sulfonamides is 1. The van der Waals surface area contributed by atoms with Crippen LogP contribution in [-0.4, -0.2) is 25.1 Å². The van der Waals surface area contributed by atoms with Gasteiger partial charge in [-0.25, -0.2) is 8.42 Å². The van der Waals surface area contributed by atoms with Crippen molar-refractivity contribution >= 4 is 37.6 Å². The average molecular weight is 389 g/mol. The fourth-order valence-corrected chi connectivity index (χ4v) is 4.66. The zero-order valence-corrected chi connectivity index (χ0v) is 14.4. The number of hydrogen-bond donors (Lipinski definition) is 0. The predicted octanol–water partition coefficient (Wildman–Crippen LogP) is 3.88. The summed E-state index contributed by atoms with van der Waals surface area (Å²) in [7, 11) is -3.59. The second kappa shape index (κ2) is 7.40. The van der Waals surface area contributed by atoms with Gasteiger partial charge in [-0.1, -0.05) is 42.5 Å². The van der Waals surface area contributed by atoms with E-state index in [1.54, 1.807) is 24.3 Å². The standard InChI is InChI=1S/C15H15BrClNO2S/c16-14-8-4-5-9-15(14)21(19,20)18(11-10-17)12-13-6-2-1-3-7-13/h1-9H,10-12H2. The highest BCUT2D eigenvalue weighted by atomic mass is 79.9. The van der Waals surface area contributed by atoms with E-state index in [-0.39, 0.29) is 17.3 Å². The third kappa shape index (κ3) is 4.07. The summed E-state index contributed by atoms with van der Waals surface area (Å²) in [6.45, 7) is 0.567. The Balaban J connectivity index is 2.35. The molecule has 0 aromatic heterocycles. The van der Waals surface area contributed by atoms with Gasteiger partial charge in [-0.3, -0.25) is 0 Å². The average Bonchev–Trinajstić information content (AvgIpc) is 2.48. The van der Waals surface area contributed by atoms with Crippen molar-refractivity contribution in [3.8, 4) is 0 Å². The van der Waals surface area contributed by atoms with E-state index < -0.39 is 10.0 Å². The molecule has 0 bridgehead atoms. The Kier molecular flexibility index (Phi) is 5.81. The minimum absolute atomic E-state index is 0.247. The van der Waals surface area contributed by atoms with Gasteiger partial charge in [0.1, 0.15) is 0 Å². The van der Waals surface area contributed by atoms with Crippen molar-refractivity contribution in [2.24, 2.45) is 0 Å². The number of rotatable bonds is 6. The molecule has 112 valence electrons. The molecule has 0 saturated heterocycles. The molecule has 0 saturated carbocycles. The summed E-state index contributed by atoms with van der Waals surface area (Å²) >= 11 is 9.08. The van der Waals surface area contributed by atoms with Crippen LogP contribution in [-0.2, 0) is 16.6 Å². The lowest BCUT2D eigenvalue weighted by molar-refractivity contribution is 0.425. The van der Waals surface area contributed by atoms with Gasteiger partial charge in [0.05, 0.1) is 4.90 Å². The van der Waals surface area contributed by atoms with E-state index in [1.165, 1.54) is 4.31 Å². The molecular formula is C15H15BrClNO2S. The third-order valence-corrected chi connectivity index (χ3v) is 6.02. The molecule has 0 unspecified atom stereocenters. The van der Waals surface area contributed by atoms with Crippen molar-refractivity contribution in [2.45, 2.75) is 11.4 Å². The first kappa shape index (κ1) is 16.5. The van der Waals surface area contributed by atoms with Gasteiger partial charge in [0, 0.05) is 23.4 Å². The van der Waals surface area contributed by atoms with E-state index in [0.29, 0.717) is 11.0 Å². The molecule has 0 aliphatic heterocycles. The van der Waals surface area contributed by atoms with Crippen LogP contribution in [0.25, 0.3) is 0 Å². The summed E-state index contributed by atoms with van der Waals surface area (Å²) in [5, 5.41) is 0. The van der Waals surface area contributed by atoms with Crippen LogP contribution in [0.3, 0.4) is 0 Å². The first-order chi connectivity index (χ1) is 10.1. The van der Waals surface area contributed by atoms with Crippen molar-refractivity contribution in [3.63, 3.8) is 0 Å². The van der Waals surface area contributed by atoms with Crippen LogP contribution in [0.5, 0.6) is 0 Å². The SMILES string of the molecule is O=S(=O)(c1ccccc1Br)N(CCCl)Cc1ccccc1. The van der Waals surface area contributed by atoms with E-state index >= 15 is 0 Å². The molecule has 0 aliphatic carbocycles. The van der Waals surface area contributed by atoms with Crippen molar-refractivity contribution < 1.29 is 8.42 Å². The fraction of sp³-hybridized carbons (Fsp3) is 0.200. The molecule has 0 atom stereocenters. The van der Waals surface area contributed by atoms with E-state index in [4.69, 9.17) is 11.6 Å². The Morgan fingerprint density at radius 2 is 1.62 bits per heavy atom. The maximum Gasteiger partial charge on any atom is 0.244 e. The molecule has 6 heteroatoms. The minimum Gasteiger partial charge on any atom is -0.207 e. The molecule has 0 heterocycles. The first-order valence-electron chi connectivity index (χ1n) is 6.40. The van der Waals surface area contributed by atoms with Crippen LogP contribution >= 0.6 is 27.5 Å². The molecule has 0 aliphatic rings. The first-order valence-corrected chi connectivity index (χ1v) is 9.17. The molecule has 0 fully saturated rings. The van der Waals surface area contributed by atoms with Gasteiger partial charge in [-0.2, -0.15) is 4.31 Å². The summed E-state index contributed by atoms with van der Waals surface area (Å²) in [6.07, 6.45) is 0. The quantitative estimate of drug-likeness (QED) is 0.704. The third-order valence-electron chi connectivity index (χ3n) is 2.99. The van der Waals surface area contributed by atoms with Crippen LogP contribution in [0.4, 0.5) is 0 Å². The predicted molar refractivity (Wildman–Crippen MR) is 88.9 cm³/mol. The Bertz CT molecular complexity index is 692. The molecule has 0 N–H and O–H groups in total. The molecule has 0 amide bonds. The van der Waals surface area contributed by atoms with Crippen LogP contribution < -0.4 is 0 Å². The zero-order valence-electron chi connectivity index (χ0n) is 11.2. The molecule has 0 spiro atoms. The highest BCUT2D eigenvalue weighted by molar-refractivity contribution is 9.10. The number of hydrogen-bond acceptors (Lipinski definition) is 2. The summed E-state index contributed by atoms with van der Waals surface area (Å²) < 4.78 is 27.5. The lowest BCUT2D eigenvalue weighted by atomic mass is 10.2. The molecule has 21 heavy (non-hydrogen) atoms. The van der Waals surface area contributed by atoms with Crippen molar-refractivity contribution in [1.29, 1.82) is 0 Å². The summed E-state index contributed by atoms with van der Waals surface area (Å²) in [5.41, 5.74) is 0.929. The highest BCUT2D eigenvalue weighted by Crippen LogP contribution is 2.25. The van der Waals surface area contributed by atoms with Crippen LogP contribution in [0, 0.1) is 0 Å². The molecular weight excluding hydrogens is 374 g/mol. The molecule has 3 nitrogen and oxygen atoms in total. The Labute approximate surface area is 138 Å². The summed E-state index contributed by atoms with van der Waals surface area (Å²) in [5.74, 6) is 0.247. The van der Waals surface area contributed by atoms with Gasteiger partial charge in [-0.15, -0.1) is 11.6 Å². The minimum atomic E-state index is -3.59. The zero-order chi connectivity index (χ0) is 15.3. The second-order valence-electron chi connectivity index (χ2n) is 4.44. The van der Waals surface area contributed by atoms with Gasteiger partial charge in [-0.05, 0) is 33.6 Å². The lowest BCUT2D eigenvalue weighted by Gasteiger charge is -2.22. The number of nitrogens with zero attached hydrogens (tertiary/aromatic N) is 1. The Hall–Kier alpha value is -0.880. The van der Waals surface area contributed by atoms with Crippen LogP contribution in [0.15, 0.2) is 64.0 Å². The molecule has 2 aromatic carbocycles. The lowest BCUT2D eigenvalue weighted by Crippen LogP contribution is -2.32. The van der Waals surface area contributed by atoms with Gasteiger partial charge >= 0.3 is 0 Å². The van der Waals surface area contributed by atoms with Gasteiger partial charge < -0.3 is 0 Å². The summed E-state index contributed by atoms with van der Waals surface area (Å²) in [4.78, 5) is 0.256. The smallest absolute Gasteiger partial charge is 0.207 e. The molecule has 0 radical (unpaired) electrons. The molecule has 2 aromatic rings. The van der Waals surface area contributed by atoms with Crippen LogP contribution in [0.2, 0.25) is 0 Å². The number of halogens is 2. The molecule has 2 rings (SSSR count). The summed E-state index contributed by atoms with van der Waals surface area (Å²) in [6, 6.07) is 16.3. The van der Waals surface area contributed by atoms with Crippen LogP contribution in [0.1, 0.15) is 5.56 Å². The second-order valence-corrected chi connectivity index (χ2v) is 7.58. The van der Waals surface area contributed by atoms with E-state index in [2.05, 4.69) is 15.9 Å². The van der Waals surface area contributed by atoms with Gasteiger partial charge in [0.25, 0.3) is 0 Å². The fourth-order valence-electron chi connectivity index (χ4n) is 1.96. The normalized spacial score (nSPS) is 11.8. The van der Waals surface area contributed by atoms with Crippen molar-refractivity contribution in [3.05, 3.63) is 64.6 Å². The van der Waals surface area contributed by atoms with E-state index in [0.717, 1.165) is 5.56 Å². The highest BCUT2D eigenvalue weighted by Gasteiger charge is 2.25. The largest absolute Gasteiger partial charge is 0.244 e. The monoisotopic (exact) mass is 387 g/mol. The maximum absolute atomic E-state index is 12.8.